The highest BCUT2D eigenvalue weighted by atomic mass is 16.5. The van der Waals surface area contributed by atoms with Crippen molar-refractivity contribution >= 4 is 34.8 Å². The number of likely N-dealkylation sites (N-methyl/N-ethyl adjacent to an activating group) is 1. The molecule has 0 atom stereocenters. The molecule has 1 aliphatic heterocycles. The average Bonchev–Trinajstić information content (AvgIpc) is 2.88. The molecule has 1 aliphatic rings. The first-order valence-corrected chi connectivity index (χ1v) is 11.4. The van der Waals surface area contributed by atoms with Crippen molar-refractivity contribution in [1.82, 2.24) is 14.9 Å². The molecule has 0 amide bonds. The highest BCUT2D eigenvalue weighted by Gasteiger charge is 2.20. The lowest BCUT2D eigenvalue weighted by Crippen LogP contribution is -2.46. The summed E-state index contributed by atoms with van der Waals surface area (Å²) in [6, 6.07) is 11.6. The van der Waals surface area contributed by atoms with Crippen molar-refractivity contribution in [2.75, 3.05) is 68.1 Å². The first-order valence-electron chi connectivity index (χ1n) is 11.4. The minimum atomic E-state index is 0.626. The summed E-state index contributed by atoms with van der Waals surface area (Å²) in [5, 5.41) is 14.1. The fraction of sp³-hybridized carbons (Fsp3) is 0.320. The maximum Gasteiger partial charge on any atom is 0.144 e. The minimum absolute atomic E-state index is 0.626. The van der Waals surface area contributed by atoms with Crippen LogP contribution in [0.4, 0.5) is 28.6 Å². The molecule has 2 heterocycles. The molecule has 178 valence electrons. The standard InChI is InChI=1S/C25H32N8O/c1-4-32-7-9-33(10-8-32)23-14-24(34-3)22(12-19(23)27)31-25-13-21(29-16-30-25)17-5-6-20(28-2)18(11-17)15-26/h5-6,11-16,26,28H,4,7-10,27H2,1-3H3,(H,29,30,31). The number of nitrogens with two attached hydrogens (primary N) is 1. The van der Waals surface area contributed by atoms with Gasteiger partial charge in [-0.2, -0.15) is 0 Å². The third-order valence-corrected chi connectivity index (χ3v) is 6.21. The Labute approximate surface area is 200 Å². The normalized spacial score (nSPS) is 14.0. The van der Waals surface area contributed by atoms with Gasteiger partial charge in [0.05, 0.1) is 29.9 Å². The van der Waals surface area contributed by atoms with Crippen LogP contribution in [0, 0.1) is 5.41 Å². The van der Waals surface area contributed by atoms with Crippen LogP contribution in [0.1, 0.15) is 12.5 Å². The molecule has 34 heavy (non-hydrogen) atoms. The van der Waals surface area contributed by atoms with Gasteiger partial charge in [0.15, 0.2) is 0 Å². The molecule has 1 fully saturated rings. The van der Waals surface area contributed by atoms with Gasteiger partial charge in [-0.3, -0.25) is 0 Å². The van der Waals surface area contributed by atoms with Crippen molar-refractivity contribution in [2.24, 2.45) is 0 Å². The van der Waals surface area contributed by atoms with Gasteiger partial charge in [-0.15, -0.1) is 0 Å². The van der Waals surface area contributed by atoms with E-state index < -0.39 is 0 Å². The summed E-state index contributed by atoms with van der Waals surface area (Å²) in [5.74, 6) is 1.33. The summed E-state index contributed by atoms with van der Waals surface area (Å²) in [7, 11) is 3.49. The van der Waals surface area contributed by atoms with E-state index in [0.717, 1.165) is 66.6 Å². The van der Waals surface area contributed by atoms with Crippen molar-refractivity contribution in [2.45, 2.75) is 6.92 Å². The Morgan fingerprint density at radius 2 is 1.88 bits per heavy atom. The van der Waals surface area contributed by atoms with E-state index in [1.807, 2.05) is 43.4 Å². The van der Waals surface area contributed by atoms with Gasteiger partial charge in [0, 0.05) is 68.4 Å². The lowest BCUT2D eigenvalue weighted by Gasteiger charge is -2.36. The lowest BCUT2D eigenvalue weighted by atomic mass is 10.1. The van der Waals surface area contributed by atoms with Crippen LogP contribution in [0.5, 0.6) is 5.75 Å². The summed E-state index contributed by atoms with van der Waals surface area (Å²) in [5.41, 5.74) is 12.2. The molecule has 0 radical (unpaired) electrons. The predicted octanol–water partition coefficient (Wildman–Crippen LogP) is 3.66. The average molecular weight is 461 g/mol. The highest BCUT2D eigenvalue weighted by Crippen LogP contribution is 2.37. The van der Waals surface area contributed by atoms with Crippen molar-refractivity contribution < 1.29 is 4.74 Å². The van der Waals surface area contributed by atoms with Crippen LogP contribution in [0.3, 0.4) is 0 Å². The van der Waals surface area contributed by atoms with E-state index in [-0.39, 0.29) is 0 Å². The number of hydrogen-bond donors (Lipinski definition) is 4. The molecule has 5 N–H and O–H groups in total. The van der Waals surface area contributed by atoms with Crippen LogP contribution >= 0.6 is 0 Å². The number of rotatable bonds is 8. The number of anilines is 5. The van der Waals surface area contributed by atoms with Crippen LogP contribution in [0.25, 0.3) is 11.3 Å². The van der Waals surface area contributed by atoms with Gasteiger partial charge < -0.3 is 36.3 Å². The molecule has 0 aliphatic carbocycles. The molecule has 0 unspecified atom stereocenters. The van der Waals surface area contributed by atoms with Gasteiger partial charge in [-0.05, 0) is 24.7 Å². The first kappa shape index (κ1) is 23.3. The SMILES string of the molecule is CCN1CCN(c2cc(OC)c(Nc3cc(-c4ccc(NC)c(C=N)c4)ncn3)cc2N)CC1. The van der Waals surface area contributed by atoms with E-state index in [0.29, 0.717) is 17.3 Å². The number of nitrogens with one attached hydrogen (secondary N) is 3. The van der Waals surface area contributed by atoms with Crippen molar-refractivity contribution in [3.8, 4) is 17.0 Å². The number of nitrogens with zero attached hydrogens (tertiary/aromatic N) is 4. The van der Waals surface area contributed by atoms with Crippen LogP contribution < -0.4 is 26.0 Å². The Bertz CT molecular complexity index is 1160. The zero-order chi connectivity index (χ0) is 24.1. The van der Waals surface area contributed by atoms with E-state index in [2.05, 4.69) is 37.3 Å². The van der Waals surface area contributed by atoms with E-state index in [1.54, 1.807) is 7.11 Å². The number of hydrogen-bond acceptors (Lipinski definition) is 9. The molecule has 4 rings (SSSR count). The van der Waals surface area contributed by atoms with Crippen LogP contribution in [-0.2, 0) is 0 Å². The maximum absolute atomic E-state index is 7.67. The largest absolute Gasteiger partial charge is 0.494 e. The van der Waals surface area contributed by atoms with Gasteiger partial charge in [0.25, 0.3) is 0 Å². The van der Waals surface area contributed by atoms with Gasteiger partial charge in [-0.25, -0.2) is 9.97 Å². The smallest absolute Gasteiger partial charge is 0.144 e. The lowest BCUT2D eigenvalue weighted by molar-refractivity contribution is 0.271. The molecule has 9 nitrogen and oxygen atoms in total. The fourth-order valence-corrected chi connectivity index (χ4v) is 4.22. The zero-order valence-electron chi connectivity index (χ0n) is 19.9. The topological polar surface area (TPSA) is 115 Å². The molecule has 1 saturated heterocycles. The first-order chi connectivity index (χ1) is 16.6. The Morgan fingerprint density at radius 3 is 2.56 bits per heavy atom. The molecule has 1 aromatic heterocycles. The molecular weight excluding hydrogens is 428 g/mol. The number of methoxy groups -OCH3 is 1. The third kappa shape index (κ3) is 4.89. The molecule has 2 aromatic carbocycles. The molecule has 3 aromatic rings. The monoisotopic (exact) mass is 460 g/mol. The number of ether oxygens (including phenoxy) is 1. The van der Waals surface area contributed by atoms with Crippen LogP contribution in [-0.4, -0.2) is 68.0 Å². The number of benzene rings is 2. The van der Waals surface area contributed by atoms with E-state index in [4.69, 9.17) is 15.9 Å². The zero-order valence-corrected chi connectivity index (χ0v) is 19.9. The number of piperazine rings is 1. The van der Waals surface area contributed by atoms with Crippen molar-refractivity contribution in [1.29, 1.82) is 5.41 Å². The van der Waals surface area contributed by atoms with Gasteiger partial charge in [0.2, 0.25) is 0 Å². The minimum Gasteiger partial charge on any atom is -0.494 e. The Balaban J connectivity index is 1.58. The summed E-state index contributed by atoms with van der Waals surface area (Å²) in [6.07, 6.45) is 2.85. The Kier molecular flexibility index (Phi) is 7.12. The van der Waals surface area contributed by atoms with E-state index in [9.17, 15) is 0 Å². The van der Waals surface area contributed by atoms with E-state index >= 15 is 0 Å². The second-order valence-corrected chi connectivity index (χ2v) is 8.14. The molecular formula is C25H32N8O. The second kappa shape index (κ2) is 10.4. The Morgan fingerprint density at radius 1 is 1.09 bits per heavy atom. The third-order valence-electron chi connectivity index (χ3n) is 6.21. The molecule has 0 spiro atoms. The number of nitrogen functional groups attached to an aromatic ring is 1. The van der Waals surface area contributed by atoms with Crippen molar-refractivity contribution in [3.05, 3.63) is 48.3 Å². The maximum atomic E-state index is 7.67. The Hall–Kier alpha value is -3.85. The molecule has 9 heteroatoms. The number of aromatic nitrogens is 2. The van der Waals surface area contributed by atoms with Crippen LogP contribution in [0.15, 0.2) is 42.7 Å². The van der Waals surface area contributed by atoms with E-state index in [1.165, 1.54) is 12.5 Å². The second-order valence-electron chi connectivity index (χ2n) is 8.14. The summed E-state index contributed by atoms with van der Waals surface area (Å²) < 4.78 is 5.69. The quantitative estimate of drug-likeness (QED) is 0.297. The molecule has 0 saturated carbocycles. The van der Waals surface area contributed by atoms with Gasteiger partial charge in [0.1, 0.15) is 17.9 Å². The van der Waals surface area contributed by atoms with Crippen molar-refractivity contribution in [3.63, 3.8) is 0 Å². The van der Waals surface area contributed by atoms with Crippen LogP contribution in [0.2, 0.25) is 0 Å². The summed E-state index contributed by atoms with van der Waals surface area (Å²) >= 11 is 0. The summed E-state index contributed by atoms with van der Waals surface area (Å²) in [6.45, 7) is 7.18. The summed E-state index contributed by atoms with van der Waals surface area (Å²) in [4.78, 5) is 13.5. The highest BCUT2D eigenvalue weighted by molar-refractivity contribution is 5.88. The fourth-order valence-electron chi connectivity index (χ4n) is 4.22. The molecule has 0 bridgehead atoms. The predicted molar refractivity (Wildman–Crippen MR) is 140 cm³/mol. The van der Waals surface area contributed by atoms with Gasteiger partial charge >= 0.3 is 0 Å². The van der Waals surface area contributed by atoms with Gasteiger partial charge in [-0.1, -0.05) is 13.0 Å².